The van der Waals surface area contributed by atoms with Gasteiger partial charge in [0.15, 0.2) is 11.2 Å². The number of H-pyrrole nitrogens is 1. The van der Waals surface area contributed by atoms with Crippen molar-refractivity contribution in [3.05, 3.63) is 16.7 Å². The average molecular weight is 283 g/mol. The van der Waals surface area contributed by atoms with E-state index in [2.05, 4.69) is 15.0 Å². The number of nitrogens with zero attached hydrogens (tertiary/aromatic N) is 3. The second-order valence-electron chi connectivity index (χ2n) is 4.94. The van der Waals surface area contributed by atoms with E-state index in [-0.39, 0.29) is 23.5 Å². The lowest BCUT2D eigenvalue weighted by atomic mass is 10.1. The number of fused-ring (bicyclic) bond motifs is 1. The standard InChI is InChI=1S/C11H14FN5O3/c12-7-4(2-18)6(19)1-5(7)17-3-14-8-9(17)15-11(13)16-10(8)20/h3-7,18-19H,1-2H2,(H3,13,15,16,20)/t4-,5+,6+,7-/m1/s1. The number of rotatable bonds is 2. The van der Waals surface area contributed by atoms with Crippen LogP contribution in [-0.4, -0.2) is 48.6 Å². The van der Waals surface area contributed by atoms with Gasteiger partial charge in [0.2, 0.25) is 5.95 Å². The number of anilines is 1. The highest BCUT2D eigenvalue weighted by Crippen LogP contribution is 2.38. The Hall–Kier alpha value is -2.00. The molecule has 0 spiro atoms. The Morgan fingerprint density at radius 1 is 1.60 bits per heavy atom. The fraction of sp³-hybridized carbons (Fsp3) is 0.545. The van der Waals surface area contributed by atoms with E-state index < -0.39 is 36.4 Å². The Morgan fingerprint density at radius 2 is 2.35 bits per heavy atom. The number of alkyl halides is 1. The number of halogens is 1. The zero-order valence-electron chi connectivity index (χ0n) is 10.4. The summed E-state index contributed by atoms with van der Waals surface area (Å²) in [6, 6.07) is -0.735. The van der Waals surface area contributed by atoms with Crippen molar-refractivity contribution in [3.63, 3.8) is 0 Å². The van der Waals surface area contributed by atoms with E-state index in [1.807, 2.05) is 0 Å². The van der Waals surface area contributed by atoms with Crippen molar-refractivity contribution in [2.75, 3.05) is 12.3 Å². The first-order valence-electron chi connectivity index (χ1n) is 6.18. The van der Waals surface area contributed by atoms with Crippen molar-refractivity contribution >= 4 is 17.1 Å². The summed E-state index contributed by atoms with van der Waals surface area (Å²) >= 11 is 0. The van der Waals surface area contributed by atoms with Crippen molar-refractivity contribution in [1.82, 2.24) is 19.5 Å². The molecular formula is C11H14FN5O3. The molecule has 2 aromatic rings. The fourth-order valence-corrected chi connectivity index (χ4v) is 2.72. The van der Waals surface area contributed by atoms with E-state index >= 15 is 0 Å². The molecule has 4 atom stereocenters. The van der Waals surface area contributed by atoms with Crippen molar-refractivity contribution in [2.24, 2.45) is 5.92 Å². The molecule has 0 aliphatic heterocycles. The number of nitrogens with one attached hydrogen (secondary N) is 1. The molecule has 0 aromatic carbocycles. The predicted molar refractivity (Wildman–Crippen MR) is 67.7 cm³/mol. The minimum absolute atomic E-state index is 0.0633. The maximum absolute atomic E-state index is 14.3. The quantitative estimate of drug-likeness (QED) is 0.556. The topological polar surface area (TPSA) is 130 Å². The monoisotopic (exact) mass is 283 g/mol. The van der Waals surface area contributed by atoms with E-state index in [4.69, 9.17) is 10.8 Å². The lowest BCUT2D eigenvalue weighted by molar-refractivity contribution is 0.0593. The highest BCUT2D eigenvalue weighted by Gasteiger charge is 2.44. The van der Waals surface area contributed by atoms with Gasteiger partial charge in [0, 0.05) is 5.92 Å². The summed E-state index contributed by atoms with van der Waals surface area (Å²) in [5.74, 6) is -0.936. The molecule has 0 unspecified atom stereocenters. The van der Waals surface area contributed by atoms with E-state index in [0.717, 1.165) is 0 Å². The molecule has 0 amide bonds. The zero-order chi connectivity index (χ0) is 14.4. The second kappa shape index (κ2) is 4.53. The number of hydrogen-bond acceptors (Lipinski definition) is 6. The van der Waals surface area contributed by atoms with Crippen LogP contribution in [0.15, 0.2) is 11.1 Å². The Labute approximate surface area is 112 Å². The summed E-state index contributed by atoms with van der Waals surface area (Å²) in [4.78, 5) is 21.8. The van der Waals surface area contributed by atoms with Gasteiger partial charge in [0.1, 0.15) is 6.17 Å². The summed E-state index contributed by atoms with van der Waals surface area (Å²) < 4.78 is 15.7. The Balaban J connectivity index is 2.10. The molecule has 1 aliphatic carbocycles. The van der Waals surface area contributed by atoms with Gasteiger partial charge >= 0.3 is 0 Å². The summed E-state index contributed by atoms with van der Waals surface area (Å²) in [7, 11) is 0. The Bertz CT molecular complexity index is 699. The van der Waals surface area contributed by atoms with Crippen LogP contribution >= 0.6 is 0 Å². The molecule has 0 bridgehead atoms. The summed E-state index contributed by atoms with van der Waals surface area (Å²) in [5.41, 5.74) is 5.21. The van der Waals surface area contributed by atoms with Crippen LogP contribution < -0.4 is 11.3 Å². The molecule has 0 radical (unpaired) electrons. The first-order chi connectivity index (χ1) is 9.52. The number of aromatic nitrogens is 4. The molecule has 108 valence electrons. The van der Waals surface area contributed by atoms with Gasteiger partial charge < -0.3 is 20.5 Å². The van der Waals surface area contributed by atoms with Crippen LogP contribution in [0.25, 0.3) is 11.2 Å². The summed E-state index contributed by atoms with van der Waals surface area (Å²) in [5, 5.41) is 18.9. The highest BCUT2D eigenvalue weighted by molar-refractivity contribution is 5.70. The van der Waals surface area contributed by atoms with Gasteiger partial charge in [-0.3, -0.25) is 9.78 Å². The molecule has 5 N–H and O–H groups in total. The number of hydrogen-bond donors (Lipinski definition) is 4. The van der Waals surface area contributed by atoms with Crippen molar-refractivity contribution < 1.29 is 14.6 Å². The summed E-state index contributed by atoms with van der Waals surface area (Å²) in [6.45, 7) is -0.443. The lowest BCUT2D eigenvalue weighted by Gasteiger charge is -2.17. The minimum Gasteiger partial charge on any atom is -0.396 e. The van der Waals surface area contributed by atoms with Crippen LogP contribution in [0.1, 0.15) is 12.5 Å². The van der Waals surface area contributed by atoms with Crippen molar-refractivity contribution in [2.45, 2.75) is 24.7 Å². The van der Waals surface area contributed by atoms with Crippen LogP contribution in [0.5, 0.6) is 0 Å². The normalized spacial score (nSPS) is 30.1. The third kappa shape index (κ3) is 1.78. The third-order valence-corrected chi connectivity index (χ3v) is 3.77. The second-order valence-corrected chi connectivity index (χ2v) is 4.94. The molecule has 2 aromatic heterocycles. The molecule has 1 saturated carbocycles. The van der Waals surface area contributed by atoms with Crippen molar-refractivity contribution in [1.29, 1.82) is 0 Å². The number of aliphatic hydroxyl groups is 2. The van der Waals surface area contributed by atoms with Gasteiger partial charge in [-0.25, -0.2) is 9.37 Å². The molecule has 0 saturated heterocycles. The smallest absolute Gasteiger partial charge is 0.280 e. The summed E-state index contributed by atoms with van der Waals surface area (Å²) in [6.07, 6.45) is -0.978. The van der Waals surface area contributed by atoms with Crippen molar-refractivity contribution in [3.8, 4) is 0 Å². The highest BCUT2D eigenvalue weighted by atomic mass is 19.1. The van der Waals surface area contributed by atoms with E-state index in [0.29, 0.717) is 0 Å². The van der Waals surface area contributed by atoms with Gasteiger partial charge in [-0.05, 0) is 6.42 Å². The zero-order valence-corrected chi connectivity index (χ0v) is 10.4. The minimum atomic E-state index is -1.45. The van der Waals surface area contributed by atoms with Gasteiger partial charge in [-0.15, -0.1) is 0 Å². The van der Waals surface area contributed by atoms with Gasteiger partial charge in [-0.2, -0.15) is 4.98 Å². The SMILES string of the molecule is Nc1nc2c(ncn2[C@H]2C[C@H](O)[C@@H](CO)[C@H]2F)c(=O)[nH]1. The number of imidazole rings is 1. The largest absolute Gasteiger partial charge is 0.396 e. The third-order valence-electron chi connectivity index (χ3n) is 3.77. The van der Waals surface area contributed by atoms with E-state index in [1.165, 1.54) is 10.9 Å². The first kappa shape index (κ1) is 13.0. The Kier molecular flexibility index (Phi) is 2.94. The fourth-order valence-electron chi connectivity index (χ4n) is 2.72. The molecular weight excluding hydrogens is 269 g/mol. The van der Waals surface area contributed by atoms with Gasteiger partial charge in [-0.1, -0.05) is 0 Å². The van der Waals surface area contributed by atoms with Crippen LogP contribution in [0.4, 0.5) is 10.3 Å². The molecule has 9 heteroatoms. The molecule has 1 fully saturated rings. The maximum Gasteiger partial charge on any atom is 0.280 e. The van der Waals surface area contributed by atoms with Crippen LogP contribution in [-0.2, 0) is 0 Å². The molecule has 20 heavy (non-hydrogen) atoms. The maximum atomic E-state index is 14.3. The molecule has 1 aliphatic rings. The number of nitrogens with two attached hydrogens (primary N) is 1. The molecule has 3 rings (SSSR count). The van der Waals surface area contributed by atoms with E-state index in [1.54, 1.807) is 0 Å². The first-order valence-corrected chi connectivity index (χ1v) is 6.18. The predicted octanol–water partition coefficient (Wildman–Crippen LogP) is -1.05. The molecule has 8 nitrogen and oxygen atoms in total. The van der Waals surface area contributed by atoms with Crippen LogP contribution in [0.3, 0.4) is 0 Å². The van der Waals surface area contributed by atoms with E-state index in [9.17, 15) is 14.3 Å². The van der Waals surface area contributed by atoms with Gasteiger partial charge in [0.05, 0.1) is 25.1 Å². The number of aliphatic hydroxyl groups excluding tert-OH is 2. The Morgan fingerprint density at radius 3 is 3.00 bits per heavy atom. The van der Waals surface area contributed by atoms with Crippen LogP contribution in [0, 0.1) is 5.92 Å². The van der Waals surface area contributed by atoms with Crippen LogP contribution in [0.2, 0.25) is 0 Å². The molecule has 2 heterocycles. The van der Waals surface area contributed by atoms with Gasteiger partial charge in [0.25, 0.3) is 5.56 Å². The number of nitrogen functional groups attached to an aromatic ring is 1. The lowest BCUT2D eigenvalue weighted by Crippen LogP contribution is -2.26. The number of aromatic amines is 1. The average Bonchev–Trinajstić information content (AvgIpc) is 2.91.